The summed E-state index contributed by atoms with van der Waals surface area (Å²) in [7, 11) is 1.73. The molecular weight excluding hydrogens is 414 g/mol. The zero-order valence-corrected chi connectivity index (χ0v) is 18.8. The molecule has 7 heteroatoms. The van der Waals surface area contributed by atoms with Crippen molar-refractivity contribution < 1.29 is 9.15 Å². The molecule has 2 heterocycles. The van der Waals surface area contributed by atoms with Crippen LogP contribution in [0.15, 0.2) is 88.6 Å². The molecule has 0 atom stereocenters. The zero-order chi connectivity index (χ0) is 22.9. The summed E-state index contributed by atoms with van der Waals surface area (Å²) in [4.78, 5) is 13.2. The van der Waals surface area contributed by atoms with Crippen LogP contribution in [0.2, 0.25) is 0 Å². The minimum absolute atomic E-state index is 0.466. The van der Waals surface area contributed by atoms with Gasteiger partial charge in [-0.15, -0.1) is 0 Å². The molecule has 0 saturated heterocycles. The van der Waals surface area contributed by atoms with Crippen LogP contribution >= 0.6 is 0 Å². The normalized spacial score (nSPS) is 11.3. The van der Waals surface area contributed by atoms with Gasteiger partial charge in [0, 0.05) is 30.9 Å². The molecule has 0 saturated carbocycles. The molecule has 0 bridgehead atoms. The Labute approximate surface area is 193 Å². The van der Waals surface area contributed by atoms with E-state index < -0.39 is 0 Å². The van der Waals surface area contributed by atoms with Crippen molar-refractivity contribution in [1.29, 1.82) is 0 Å². The topological polar surface area (TPSA) is 84.6 Å². The van der Waals surface area contributed by atoms with Gasteiger partial charge in [0.05, 0.1) is 12.2 Å². The van der Waals surface area contributed by atoms with Crippen LogP contribution in [-0.2, 0) is 19.7 Å². The number of nitrogens with zero attached hydrogens (tertiary/aromatic N) is 3. The van der Waals surface area contributed by atoms with Crippen molar-refractivity contribution in [2.24, 2.45) is 4.99 Å². The first kappa shape index (κ1) is 22.1. The molecular formula is C26H27N5O2. The van der Waals surface area contributed by atoms with Crippen molar-refractivity contribution in [3.8, 4) is 17.3 Å². The third kappa shape index (κ3) is 6.20. The first-order valence-corrected chi connectivity index (χ1v) is 10.8. The molecule has 4 rings (SSSR count). The molecule has 0 amide bonds. The minimum atomic E-state index is 0.466. The second-order valence-electron chi connectivity index (χ2n) is 7.53. The SMILES string of the molecule is CN=C(NCc1coc(-c2ccc(C)cc2)n1)NCc1cccnc1OCc1ccccc1. The maximum Gasteiger partial charge on any atom is 0.226 e. The van der Waals surface area contributed by atoms with Crippen molar-refractivity contribution in [1.82, 2.24) is 20.6 Å². The molecule has 0 unspecified atom stereocenters. The molecule has 168 valence electrons. The number of hydrogen-bond donors (Lipinski definition) is 2. The Kier molecular flexibility index (Phi) is 7.33. The standard InChI is InChI=1S/C26H27N5O2/c1-19-10-12-21(13-11-19)25-31-23(18-33-25)16-30-26(27-2)29-15-22-9-6-14-28-24(22)32-17-20-7-4-3-5-8-20/h3-14,18H,15-17H2,1-2H3,(H2,27,29,30). The van der Waals surface area contributed by atoms with Crippen molar-refractivity contribution in [3.05, 3.63) is 102 Å². The number of aliphatic imine (C=N–C) groups is 1. The van der Waals surface area contributed by atoms with Gasteiger partial charge in [-0.05, 0) is 30.7 Å². The van der Waals surface area contributed by atoms with Crippen LogP contribution in [0.5, 0.6) is 5.88 Å². The van der Waals surface area contributed by atoms with E-state index in [0.29, 0.717) is 37.4 Å². The van der Waals surface area contributed by atoms with Gasteiger partial charge in [0.2, 0.25) is 11.8 Å². The summed E-state index contributed by atoms with van der Waals surface area (Å²) in [6, 6.07) is 22.0. The number of aromatic nitrogens is 2. The number of rotatable bonds is 8. The van der Waals surface area contributed by atoms with E-state index in [9.17, 15) is 0 Å². The van der Waals surface area contributed by atoms with E-state index in [2.05, 4.69) is 32.5 Å². The highest BCUT2D eigenvalue weighted by Gasteiger charge is 2.09. The van der Waals surface area contributed by atoms with Crippen LogP contribution in [0.4, 0.5) is 0 Å². The molecule has 33 heavy (non-hydrogen) atoms. The Hall–Kier alpha value is -4.13. The maximum atomic E-state index is 5.94. The number of ether oxygens (including phenoxy) is 1. The lowest BCUT2D eigenvalue weighted by molar-refractivity contribution is 0.290. The van der Waals surface area contributed by atoms with Crippen LogP contribution in [0.25, 0.3) is 11.5 Å². The predicted octanol–water partition coefficient (Wildman–Crippen LogP) is 4.49. The molecule has 4 aromatic rings. The Morgan fingerprint density at radius 1 is 0.970 bits per heavy atom. The van der Waals surface area contributed by atoms with Crippen LogP contribution in [0, 0.1) is 6.92 Å². The van der Waals surface area contributed by atoms with E-state index in [4.69, 9.17) is 9.15 Å². The summed E-state index contributed by atoms with van der Waals surface area (Å²) in [5.74, 6) is 1.85. The third-order valence-corrected chi connectivity index (χ3v) is 5.03. The van der Waals surface area contributed by atoms with Gasteiger partial charge in [0.25, 0.3) is 0 Å². The fourth-order valence-corrected chi connectivity index (χ4v) is 3.21. The number of benzene rings is 2. The lowest BCUT2D eigenvalue weighted by atomic mass is 10.1. The van der Waals surface area contributed by atoms with E-state index in [1.54, 1.807) is 19.5 Å². The van der Waals surface area contributed by atoms with Crippen LogP contribution in [0.3, 0.4) is 0 Å². The van der Waals surface area contributed by atoms with Crippen molar-refractivity contribution in [2.45, 2.75) is 26.6 Å². The summed E-state index contributed by atoms with van der Waals surface area (Å²) < 4.78 is 11.6. The Balaban J connectivity index is 1.31. The van der Waals surface area contributed by atoms with Crippen LogP contribution in [-0.4, -0.2) is 23.0 Å². The van der Waals surface area contributed by atoms with E-state index in [1.165, 1.54) is 5.56 Å². The van der Waals surface area contributed by atoms with Gasteiger partial charge < -0.3 is 19.8 Å². The van der Waals surface area contributed by atoms with Crippen LogP contribution in [0.1, 0.15) is 22.4 Å². The first-order valence-electron chi connectivity index (χ1n) is 10.8. The Morgan fingerprint density at radius 3 is 2.55 bits per heavy atom. The summed E-state index contributed by atoms with van der Waals surface area (Å²) in [6.45, 7) is 3.52. The molecule has 2 aromatic heterocycles. The number of hydrogen-bond acceptors (Lipinski definition) is 5. The second-order valence-corrected chi connectivity index (χ2v) is 7.53. The average Bonchev–Trinajstić information content (AvgIpc) is 3.33. The highest BCUT2D eigenvalue weighted by atomic mass is 16.5. The number of oxazole rings is 1. The van der Waals surface area contributed by atoms with Crippen molar-refractivity contribution in [3.63, 3.8) is 0 Å². The van der Waals surface area contributed by atoms with Gasteiger partial charge in [-0.1, -0.05) is 54.1 Å². The lowest BCUT2D eigenvalue weighted by Crippen LogP contribution is -2.36. The van der Waals surface area contributed by atoms with E-state index in [1.807, 2.05) is 66.7 Å². The van der Waals surface area contributed by atoms with Gasteiger partial charge >= 0.3 is 0 Å². The number of aryl methyl sites for hydroxylation is 1. The second kappa shape index (κ2) is 10.9. The lowest BCUT2D eigenvalue weighted by Gasteiger charge is -2.13. The molecule has 2 aromatic carbocycles. The monoisotopic (exact) mass is 441 g/mol. The quantitative estimate of drug-likeness (QED) is 0.310. The van der Waals surface area contributed by atoms with Crippen molar-refractivity contribution >= 4 is 5.96 Å². The third-order valence-electron chi connectivity index (χ3n) is 5.03. The molecule has 2 N–H and O–H groups in total. The molecule has 0 aliphatic carbocycles. The van der Waals surface area contributed by atoms with E-state index in [0.717, 1.165) is 22.4 Å². The predicted molar refractivity (Wildman–Crippen MR) is 129 cm³/mol. The molecule has 0 radical (unpaired) electrons. The summed E-state index contributed by atoms with van der Waals surface area (Å²) in [6.07, 6.45) is 3.39. The average molecular weight is 442 g/mol. The maximum absolute atomic E-state index is 5.94. The van der Waals surface area contributed by atoms with Gasteiger partial charge in [-0.25, -0.2) is 9.97 Å². The van der Waals surface area contributed by atoms with Gasteiger partial charge in [-0.3, -0.25) is 4.99 Å². The van der Waals surface area contributed by atoms with Gasteiger partial charge in [0.15, 0.2) is 5.96 Å². The number of nitrogens with one attached hydrogen (secondary N) is 2. The number of guanidine groups is 1. The summed E-state index contributed by atoms with van der Waals surface area (Å²) in [5.41, 5.74) is 4.98. The fourth-order valence-electron chi connectivity index (χ4n) is 3.21. The van der Waals surface area contributed by atoms with Crippen molar-refractivity contribution in [2.75, 3.05) is 7.05 Å². The Bertz CT molecular complexity index is 1190. The smallest absolute Gasteiger partial charge is 0.226 e. The summed E-state index contributed by atoms with van der Waals surface area (Å²) >= 11 is 0. The zero-order valence-electron chi connectivity index (χ0n) is 18.8. The molecule has 0 aliphatic rings. The van der Waals surface area contributed by atoms with Crippen LogP contribution < -0.4 is 15.4 Å². The molecule has 0 fully saturated rings. The molecule has 0 spiro atoms. The largest absolute Gasteiger partial charge is 0.473 e. The fraction of sp³-hybridized carbons (Fsp3) is 0.192. The molecule has 7 nitrogen and oxygen atoms in total. The minimum Gasteiger partial charge on any atom is -0.473 e. The highest BCUT2D eigenvalue weighted by Crippen LogP contribution is 2.19. The number of pyridine rings is 1. The van der Waals surface area contributed by atoms with E-state index in [-0.39, 0.29) is 0 Å². The van der Waals surface area contributed by atoms with E-state index >= 15 is 0 Å². The van der Waals surface area contributed by atoms with Gasteiger partial charge in [0.1, 0.15) is 12.9 Å². The highest BCUT2D eigenvalue weighted by molar-refractivity contribution is 5.79. The first-order chi connectivity index (χ1) is 16.2. The molecule has 0 aliphatic heterocycles. The van der Waals surface area contributed by atoms with Gasteiger partial charge in [-0.2, -0.15) is 0 Å². The Morgan fingerprint density at radius 2 is 1.76 bits per heavy atom. The summed E-state index contributed by atoms with van der Waals surface area (Å²) in [5, 5.41) is 6.56.